The summed E-state index contributed by atoms with van der Waals surface area (Å²) in [5, 5.41) is 4.00. The fraction of sp³-hybridized carbons (Fsp3) is 0.462. The standard InChI is InChI=1S/C13H18N2O3S/c1-10-3-5-13(6-4-10)19(16,17)15-14-12-7-8-18-11(2)9-12/h3-6,11,15H,7-9H2,1-2H3/b14-12-. The van der Waals surface area contributed by atoms with Gasteiger partial charge < -0.3 is 4.74 Å². The van der Waals surface area contributed by atoms with Crippen molar-refractivity contribution >= 4 is 15.7 Å². The molecule has 1 saturated heterocycles. The van der Waals surface area contributed by atoms with E-state index < -0.39 is 10.0 Å². The molecule has 104 valence electrons. The van der Waals surface area contributed by atoms with E-state index >= 15 is 0 Å². The van der Waals surface area contributed by atoms with E-state index in [1.165, 1.54) is 0 Å². The second-order valence-electron chi connectivity index (χ2n) is 4.72. The Kier molecular flexibility index (Phi) is 4.21. The number of ether oxygens (including phenoxy) is 1. The van der Waals surface area contributed by atoms with Crippen molar-refractivity contribution in [3.63, 3.8) is 0 Å². The minimum atomic E-state index is -3.57. The first-order chi connectivity index (χ1) is 8.97. The average Bonchev–Trinajstić information content (AvgIpc) is 2.37. The van der Waals surface area contributed by atoms with Gasteiger partial charge in [0.1, 0.15) is 0 Å². The number of hydrogen-bond donors (Lipinski definition) is 1. The van der Waals surface area contributed by atoms with Gasteiger partial charge in [0, 0.05) is 18.6 Å². The highest BCUT2D eigenvalue weighted by molar-refractivity contribution is 7.89. The van der Waals surface area contributed by atoms with Crippen molar-refractivity contribution in [2.45, 2.75) is 37.7 Å². The van der Waals surface area contributed by atoms with E-state index in [0.29, 0.717) is 19.4 Å². The van der Waals surface area contributed by atoms with Crippen LogP contribution in [-0.4, -0.2) is 26.8 Å². The summed E-state index contributed by atoms with van der Waals surface area (Å²) in [6, 6.07) is 6.67. The van der Waals surface area contributed by atoms with Gasteiger partial charge in [-0.3, -0.25) is 0 Å². The van der Waals surface area contributed by atoms with Crippen LogP contribution in [0.1, 0.15) is 25.3 Å². The first-order valence-electron chi connectivity index (χ1n) is 6.23. The monoisotopic (exact) mass is 282 g/mol. The summed E-state index contributed by atoms with van der Waals surface area (Å²) in [4.78, 5) is 2.51. The highest BCUT2D eigenvalue weighted by Gasteiger charge is 2.17. The van der Waals surface area contributed by atoms with Gasteiger partial charge in [0.05, 0.1) is 17.6 Å². The molecule has 0 spiro atoms. The van der Waals surface area contributed by atoms with Crippen molar-refractivity contribution in [2.24, 2.45) is 5.10 Å². The molecule has 6 heteroatoms. The maximum atomic E-state index is 12.0. The molecule has 0 amide bonds. The summed E-state index contributed by atoms with van der Waals surface area (Å²) < 4.78 is 29.4. The Balaban J connectivity index is 2.09. The predicted octanol–water partition coefficient (Wildman–Crippen LogP) is 1.83. The molecule has 1 aliphatic rings. The Labute approximate surface area is 113 Å². The van der Waals surface area contributed by atoms with E-state index in [2.05, 4.69) is 9.93 Å². The molecular weight excluding hydrogens is 264 g/mol. The normalized spacial score (nSPS) is 22.4. The molecule has 0 radical (unpaired) electrons. The maximum Gasteiger partial charge on any atom is 0.276 e. The molecule has 19 heavy (non-hydrogen) atoms. The van der Waals surface area contributed by atoms with Crippen LogP contribution in [-0.2, 0) is 14.8 Å². The van der Waals surface area contributed by atoms with Crippen LogP contribution in [0.3, 0.4) is 0 Å². The van der Waals surface area contributed by atoms with Crippen LogP contribution in [0.15, 0.2) is 34.3 Å². The Hall–Kier alpha value is -1.40. The summed E-state index contributed by atoms with van der Waals surface area (Å²) >= 11 is 0. The topological polar surface area (TPSA) is 67.8 Å². The van der Waals surface area contributed by atoms with E-state index in [0.717, 1.165) is 11.3 Å². The number of nitrogens with zero attached hydrogens (tertiary/aromatic N) is 1. The lowest BCUT2D eigenvalue weighted by atomic mass is 10.1. The van der Waals surface area contributed by atoms with E-state index in [4.69, 9.17) is 4.74 Å². The number of hydrogen-bond acceptors (Lipinski definition) is 4. The molecule has 1 N–H and O–H groups in total. The lowest BCUT2D eigenvalue weighted by molar-refractivity contribution is 0.0632. The van der Waals surface area contributed by atoms with E-state index in [1.807, 2.05) is 13.8 Å². The molecule has 2 rings (SSSR count). The van der Waals surface area contributed by atoms with Gasteiger partial charge in [0.25, 0.3) is 10.0 Å². The van der Waals surface area contributed by atoms with Crippen LogP contribution < -0.4 is 4.83 Å². The van der Waals surface area contributed by atoms with Gasteiger partial charge in [0.2, 0.25) is 0 Å². The van der Waals surface area contributed by atoms with Crippen LogP contribution in [0.5, 0.6) is 0 Å². The lowest BCUT2D eigenvalue weighted by Gasteiger charge is -2.20. The van der Waals surface area contributed by atoms with Gasteiger partial charge in [-0.25, -0.2) is 4.83 Å². The molecule has 0 saturated carbocycles. The number of hydrazone groups is 1. The fourth-order valence-corrected chi connectivity index (χ4v) is 2.72. The summed E-state index contributed by atoms with van der Waals surface area (Å²) in [5.41, 5.74) is 1.85. The lowest BCUT2D eigenvalue weighted by Crippen LogP contribution is -2.27. The third kappa shape index (κ3) is 3.78. The van der Waals surface area contributed by atoms with Crippen LogP contribution in [0.2, 0.25) is 0 Å². The van der Waals surface area contributed by atoms with Crippen molar-refractivity contribution < 1.29 is 13.2 Å². The largest absolute Gasteiger partial charge is 0.378 e. The van der Waals surface area contributed by atoms with Gasteiger partial charge in [-0.15, -0.1) is 0 Å². The molecule has 1 heterocycles. The SMILES string of the molecule is Cc1ccc(S(=O)(=O)N/N=C2/CCOC(C)C2)cc1. The number of benzene rings is 1. The molecule has 1 atom stereocenters. The molecule has 0 aromatic heterocycles. The minimum absolute atomic E-state index is 0.0939. The molecule has 1 aromatic rings. The van der Waals surface area contributed by atoms with Crippen molar-refractivity contribution in [2.75, 3.05) is 6.61 Å². The third-order valence-corrected chi connectivity index (χ3v) is 4.20. The second-order valence-corrected chi connectivity index (χ2v) is 6.38. The van der Waals surface area contributed by atoms with Crippen LogP contribution in [0.25, 0.3) is 0 Å². The van der Waals surface area contributed by atoms with E-state index in [9.17, 15) is 8.42 Å². The van der Waals surface area contributed by atoms with Crippen LogP contribution in [0, 0.1) is 6.92 Å². The van der Waals surface area contributed by atoms with Gasteiger partial charge in [-0.2, -0.15) is 13.5 Å². The Bertz CT molecular complexity index is 564. The highest BCUT2D eigenvalue weighted by atomic mass is 32.2. The Morgan fingerprint density at radius 3 is 2.63 bits per heavy atom. The van der Waals surface area contributed by atoms with Gasteiger partial charge >= 0.3 is 0 Å². The van der Waals surface area contributed by atoms with Crippen molar-refractivity contribution in [1.29, 1.82) is 0 Å². The molecule has 1 unspecified atom stereocenters. The highest BCUT2D eigenvalue weighted by Crippen LogP contribution is 2.12. The summed E-state index contributed by atoms with van der Waals surface area (Å²) in [6.45, 7) is 4.45. The summed E-state index contributed by atoms with van der Waals surface area (Å²) in [7, 11) is -3.57. The molecule has 1 aromatic carbocycles. The molecule has 5 nitrogen and oxygen atoms in total. The first-order valence-corrected chi connectivity index (χ1v) is 7.71. The van der Waals surface area contributed by atoms with Crippen molar-refractivity contribution in [3.05, 3.63) is 29.8 Å². The smallest absolute Gasteiger partial charge is 0.276 e. The molecular formula is C13H18N2O3S. The summed E-state index contributed by atoms with van der Waals surface area (Å²) in [5.74, 6) is 0. The van der Waals surface area contributed by atoms with Crippen LogP contribution >= 0.6 is 0 Å². The maximum absolute atomic E-state index is 12.0. The average molecular weight is 282 g/mol. The zero-order chi connectivity index (χ0) is 13.9. The number of rotatable bonds is 3. The second kappa shape index (κ2) is 5.71. The van der Waals surface area contributed by atoms with Gasteiger partial charge in [-0.1, -0.05) is 17.7 Å². The van der Waals surface area contributed by atoms with E-state index in [-0.39, 0.29) is 11.0 Å². The first kappa shape index (κ1) is 14.0. The third-order valence-electron chi connectivity index (χ3n) is 2.97. The zero-order valence-electron chi connectivity index (χ0n) is 11.1. The van der Waals surface area contributed by atoms with E-state index in [1.54, 1.807) is 24.3 Å². The zero-order valence-corrected chi connectivity index (χ0v) is 11.9. The molecule has 0 bridgehead atoms. The Morgan fingerprint density at radius 1 is 1.32 bits per heavy atom. The predicted molar refractivity (Wildman–Crippen MR) is 73.6 cm³/mol. The van der Waals surface area contributed by atoms with Gasteiger partial charge in [0.15, 0.2) is 0 Å². The van der Waals surface area contributed by atoms with Gasteiger partial charge in [-0.05, 0) is 26.0 Å². The quantitative estimate of drug-likeness (QED) is 0.860. The molecule has 1 aliphatic heterocycles. The minimum Gasteiger partial charge on any atom is -0.378 e. The van der Waals surface area contributed by atoms with Crippen LogP contribution in [0.4, 0.5) is 0 Å². The van der Waals surface area contributed by atoms with Crippen molar-refractivity contribution in [3.8, 4) is 0 Å². The number of sulfonamides is 1. The van der Waals surface area contributed by atoms with Crippen molar-refractivity contribution in [1.82, 2.24) is 4.83 Å². The Morgan fingerprint density at radius 2 is 2.00 bits per heavy atom. The number of nitrogens with one attached hydrogen (secondary N) is 1. The molecule has 0 aliphatic carbocycles. The fourth-order valence-electron chi connectivity index (χ4n) is 1.87. The summed E-state index contributed by atoms with van der Waals surface area (Å²) in [6.07, 6.45) is 1.42. The number of aryl methyl sites for hydroxylation is 1. The molecule has 1 fully saturated rings.